The molecule has 150 valence electrons. The Morgan fingerprint density at radius 3 is 2.70 bits per heavy atom. The molecule has 0 amide bonds. The maximum atomic E-state index is 13.9. The van der Waals surface area contributed by atoms with Crippen molar-refractivity contribution in [3.8, 4) is 6.07 Å². The molecular weight excluding hydrogens is 377 g/mol. The third kappa shape index (κ3) is 3.43. The Labute approximate surface area is 175 Å². The number of halogens is 1. The molecule has 2 aromatic carbocycles. The zero-order valence-corrected chi connectivity index (χ0v) is 16.6. The fraction of sp³-hybridized carbons (Fsp3) is 0.320. The van der Waals surface area contributed by atoms with E-state index in [4.69, 9.17) is 9.73 Å². The van der Waals surface area contributed by atoms with Crippen LogP contribution in [0.25, 0.3) is 10.9 Å². The lowest BCUT2D eigenvalue weighted by molar-refractivity contribution is 0.0333. The minimum atomic E-state index is -0.552. The van der Waals surface area contributed by atoms with Crippen LogP contribution < -0.4 is 0 Å². The van der Waals surface area contributed by atoms with Gasteiger partial charge in [0.15, 0.2) is 0 Å². The van der Waals surface area contributed by atoms with Crippen LogP contribution in [0.3, 0.4) is 0 Å². The molecule has 0 saturated heterocycles. The van der Waals surface area contributed by atoms with E-state index < -0.39 is 5.82 Å². The van der Waals surface area contributed by atoms with Gasteiger partial charge in [-0.1, -0.05) is 30.3 Å². The summed E-state index contributed by atoms with van der Waals surface area (Å²) in [5.41, 5.74) is 2.23. The van der Waals surface area contributed by atoms with Crippen molar-refractivity contribution < 1.29 is 9.13 Å². The SMILES string of the molecule is N#Cc1c(F)ccc2cc(C3=NC(Cc4ccccc4)CC4(CCCC4)O3)cnc12. The molecule has 2 heterocycles. The van der Waals surface area contributed by atoms with Gasteiger partial charge < -0.3 is 4.74 Å². The van der Waals surface area contributed by atoms with Gasteiger partial charge in [-0.3, -0.25) is 4.98 Å². The van der Waals surface area contributed by atoms with E-state index in [-0.39, 0.29) is 17.2 Å². The summed E-state index contributed by atoms with van der Waals surface area (Å²) in [6, 6.07) is 17.3. The van der Waals surface area contributed by atoms with Crippen LogP contribution in [0.5, 0.6) is 0 Å². The molecule has 1 spiro atoms. The van der Waals surface area contributed by atoms with E-state index in [0.29, 0.717) is 16.8 Å². The van der Waals surface area contributed by atoms with E-state index in [1.165, 1.54) is 24.5 Å². The van der Waals surface area contributed by atoms with Gasteiger partial charge >= 0.3 is 0 Å². The Morgan fingerprint density at radius 1 is 1.13 bits per heavy atom. The molecule has 30 heavy (non-hydrogen) atoms. The third-order valence-electron chi connectivity index (χ3n) is 6.21. The van der Waals surface area contributed by atoms with Gasteiger partial charge in [0.05, 0.1) is 17.1 Å². The lowest BCUT2D eigenvalue weighted by Gasteiger charge is -2.37. The smallest absolute Gasteiger partial charge is 0.218 e. The van der Waals surface area contributed by atoms with Crippen LogP contribution in [-0.2, 0) is 11.2 Å². The average Bonchev–Trinajstić information content (AvgIpc) is 3.21. The van der Waals surface area contributed by atoms with E-state index in [1.54, 1.807) is 12.3 Å². The topological polar surface area (TPSA) is 58.3 Å². The fourth-order valence-corrected chi connectivity index (χ4v) is 4.78. The van der Waals surface area contributed by atoms with Crippen molar-refractivity contribution in [3.05, 3.63) is 77.2 Å². The summed E-state index contributed by atoms with van der Waals surface area (Å²) in [7, 11) is 0. The quantitative estimate of drug-likeness (QED) is 0.598. The molecule has 1 saturated carbocycles. The van der Waals surface area contributed by atoms with E-state index >= 15 is 0 Å². The highest BCUT2D eigenvalue weighted by molar-refractivity contribution is 5.98. The van der Waals surface area contributed by atoms with Gasteiger partial charge in [0.25, 0.3) is 0 Å². The van der Waals surface area contributed by atoms with Crippen molar-refractivity contribution in [2.45, 2.75) is 50.2 Å². The summed E-state index contributed by atoms with van der Waals surface area (Å²) in [4.78, 5) is 9.34. The number of benzene rings is 2. The first-order chi connectivity index (χ1) is 14.7. The molecule has 1 atom stereocenters. The van der Waals surface area contributed by atoms with Gasteiger partial charge in [-0.25, -0.2) is 9.38 Å². The second kappa shape index (κ2) is 7.53. The number of nitrogens with zero attached hydrogens (tertiary/aromatic N) is 3. The van der Waals surface area contributed by atoms with Crippen molar-refractivity contribution in [1.82, 2.24) is 4.98 Å². The van der Waals surface area contributed by atoms with Gasteiger partial charge in [-0.2, -0.15) is 5.26 Å². The van der Waals surface area contributed by atoms with E-state index in [1.807, 2.05) is 18.2 Å². The molecule has 1 aliphatic heterocycles. The number of nitriles is 1. The molecule has 0 radical (unpaired) electrons. The predicted molar refractivity (Wildman–Crippen MR) is 114 cm³/mol. The first kappa shape index (κ1) is 18.7. The summed E-state index contributed by atoms with van der Waals surface area (Å²) in [6.45, 7) is 0. The van der Waals surface area contributed by atoms with E-state index in [2.05, 4.69) is 29.2 Å². The van der Waals surface area contributed by atoms with Gasteiger partial charge in [-0.05, 0) is 55.9 Å². The van der Waals surface area contributed by atoms with E-state index in [9.17, 15) is 9.65 Å². The number of hydrogen-bond acceptors (Lipinski definition) is 4. The van der Waals surface area contributed by atoms with Gasteiger partial charge in [0, 0.05) is 18.0 Å². The maximum absolute atomic E-state index is 13.9. The molecule has 1 aromatic heterocycles. The minimum Gasteiger partial charge on any atom is -0.471 e. The number of hydrogen-bond donors (Lipinski definition) is 0. The zero-order valence-electron chi connectivity index (χ0n) is 16.6. The summed E-state index contributed by atoms with van der Waals surface area (Å²) < 4.78 is 20.4. The van der Waals surface area contributed by atoms with Crippen molar-refractivity contribution in [2.24, 2.45) is 4.99 Å². The first-order valence-corrected chi connectivity index (χ1v) is 10.5. The van der Waals surface area contributed by atoms with Crippen LogP contribution in [-0.4, -0.2) is 22.5 Å². The molecule has 2 aliphatic rings. The Bertz CT molecular complexity index is 1160. The highest BCUT2D eigenvalue weighted by Crippen LogP contribution is 2.41. The van der Waals surface area contributed by atoms with E-state index in [0.717, 1.165) is 31.2 Å². The van der Waals surface area contributed by atoms with Crippen LogP contribution >= 0.6 is 0 Å². The lowest BCUT2D eigenvalue weighted by Crippen LogP contribution is -2.41. The highest BCUT2D eigenvalue weighted by atomic mass is 19.1. The van der Waals surface area contributed by atoms with Crippen LogP contribution in [0.1, 0.15) is 48.8 Å². The van der Waals surface area contributed by atoms with Crippen molar-refractivity contribution in [1.29, 1.82) is 5.26 Å². The monoisotopic (exact) mass is 399 g/mol. The zero-order chi connectivity index (χ0) is 20.6. The second-order valence-electron chi connectivity index (χ2n) is 8.30. The summed E-state index contributed by atoms with van der Waals surface area (Å²) >= 11 is 0. The largest absolute Gasteiger partial charge is 0.471 e. The Morgan fingerprint density at radius 2 is 1.93 bits per heavy atom. The molecule has 5 rings (SSSR count). The van der Waals surface area contributed by atoms with Gasteiger partial charge in [0.2, 0.25) is 5.90 Å². The van der Waals surface area contributed by atoms with Gasteiger partial charge in [-0.15, -0.1) is 0 Å². The number of aromatic nitrogens is 1. The number of rotatable bonds is 3. The highest BCUT2D eigenvalue weighted by Gasteiger charge is 2.42. The Balaban J connectivity index is 1.54. The summed E-state index contributed by atoms with van der Waals surface area (Å²) in [6.07, 6.45) is 7.88. The number of ether oxygens (including phenoxy) is 1. The fourth-order valence-electron chi connectivity index (χ4n) is 4.78. The van der Waals surface area contributed by atoms with Crippen LogP contribution in [0.2, 0.25) is 0 Å². The lowest BCUT2D eigenvalue weighted by atomic mass is 9.88. The first-order valence-electron chi connectivity index (χ1n) is 10.5. The second-order valence-corrected chi connectivity index (χ2v) is 8.30. The van der Waals surface area contributed by atoms with Crippen LogP contribution in [0.4, 0.5) is 4.39 Å². The maximum Gasteiger partial charge on any atom is 0.218 e. The molecule has 3 aromatic rings. The molecule has 0 bridgehead atoms. The summed E-state index contributed by atoms with van der Waals surface area (Å²) in [5, 5.41) is 9.98. The molecule has 1 aliphatic carbocycles. The number of fused-ring (bicyclic) bond motifs is 1. The number of aliphatic imine (C=N–C) groups is 1. The molecule has 5 heteroatoms. The molecule has 1 unspecified atom stereocenters. The number of pyridine rings is 1. The minimum absolute atomic E-state index is 0.0280. The third-order valence-corrected chi connectivity index (χ3v) is 6.21. The normalized spacial score (nSPS) is 20.0. The average molecular weight is 399 g/mol. The van der Waals surface area contributed by atoms with Crippen molar-refractivity contribution in [3.63, 3.8) is 0 Å². The Kier molecular flexibility index (Phi) is 4.71. The predicted octanol–water partition coefficient (Wildman–Crippen LogP) is 5.34. The van der Waals surface area contributed by atoms with Crippen molar-refractivity contribution in [2.75, 3.05) is 0 Å². The molecule has 4 nitrogen and oxygen atoms in total. The molecular formula is C25H22FN3O. The molecule has 1 fully saturated rings. The van der Waals surface area contributed by atoms with Gasteiger partial charge in [0.1, 0.15) is 23.1 Å². The summed E-state index contributed by atoms with van der Waals surface area (Å²) in [5.74, 6) is 0.0608. The van der Waals surface area contributed by atoms with Crippen LogP contribution in [0.15, 0.2) is 59.7 Å². The standard InChI is InChI=1S/C25H22FN3O/c26-22-9-8-18-13-19(16-28-23(18)21(22)15-27)24-29-20(12-17-6-2-1-3-7-17)14-25(30-24)10-4-5-11-25/h1-3,6-9,13,16,20H,4-5,10-12,14H2. The van der Waals surface area contributed by atoms with Crippen LogP contribution in [0, 0.1) is 17.1 Å². The Hall–Kier alpha value is -3.26. The molecule has 0 N–H and O–H groups in total. The van der Waals surface area contributed by atoms with Crippen molar-refractivity contribution >= 4 is 16.8 Å².